The Balaban J connectivity index is 5.08. The summed E-state index contributed by atoms with van der Waals surface area (Å²) in [5.41, 5.74) is 0.0886. The van der Waals surface area contributed by atoms with Gasteiger partial charge in [0, 0.05) is 5.41 Å². The predicted octanol–water partition coefficient (Wildman–Crippen LogP) is 3.67. The van der Waals surface area contributed by atoms with Gasteiger partial charge in [0.05, 0.1) is 7.11 Å². The summed E-state index contributed by atoms with van der Waals surface area (Å²) in [4.78, 5) is 0. The molecule has 78 valence electrons. The van der Waals surface area contributed by atoms with Crippen LogP contribution >= 0.6 is 12.2 Å². The molecule has 0 radical (unpaired) electrons. The largest absolute Gasteiger partial charge is 0.490 e. The second-order valence-corrected chi connectivity index (χ2v) is 5.47. The molecule has 0 aliphatic rings. The maximum Gasteiger partial charge on any atom is 0.165 e. The van der Waals surface area contributed by atoms with E-state index in [1.807, 2.05) is 0 Å². The fourth-order valence-corrected chi connectivity index (χ4v) is 2.16. The minimum atomic E-state index is -0.0446. The van der Waals surface area contributed by atoms with E-state index in [1.165, 1.54) is 0 Å². The third-order valence-electron chi connectivity index (χ3n) is 3.32. The quantitative estimate of drug-likeness (QED) is 0.632. The van der Waals surface area contributed by atoms with E-state index in [0.717, 1.165) is 5.05 Å². The van der Waals surface area contributed by atoms with E-state index in [-0.39, 0.29) is 10.8 Å². The van der Waals surface area contributed by atoms with Gasteiger partial charge in [-0.15, -0.1) is 0 Å². The number of methoxy groups -OCH3 is 1. The summed E-state index contributed by atoms with van der Waals surface area (Å²) in [6.07, 6.45) is 0. The van der Waals surface area contributed by atoms with Gasteiger partial charge in [-0.2, -0.15) is 0 Å². The maximum atomic E-state index is 5.29. The molecule has 1 nitrogen and oxygen atoms in total. The lowest BCUT2D eigenvalue weighted by Crippen LogP contribution is -2.44. The van der Waals surface area contributed by atoms with Gasteiger partial charge in [-0.25, -0.2) is 0 Å². The highest BCUT2D eigenvalue weighted by Crippen LogP contribution is 2.45. The first-order valence-electron chi connectivity index (χ1n) is 4.76. The van der Waals surface area contributed by atoms with Crippen LogP contribution in [0.5, 0.6) is 0 Å². The number of rotatable bonds is 2. The molecule has 2 heteroatoms. The molecule has 0 saturated heterocycles. The van der Waals surface area contributed by atoms with Gasteiger partial charge >= 0.3 is 0 Å². The van der Waals surface area contributed by atoms with Gasteiger partial charge in [0.15, 0.2) is 5.05 Å². The fraction of sp³-hybridized carbons (Fsp3) is 0.909. The van der Waals surface area contributed by atoms with Crippen molar-refractivity contribution in [3.8, 4) is 0 Å². The molecule has 0 aromatic carbocycles. The van der Waals surface area contributed by atoms with E-state index in [2.05, 4.69) is 41.5 Å². The lowest BCUT2D eigenvalue weighted by Gasteiger charge is -2.44. The molecule has 0 rings (SSSR count). The van der Waals surface area contributed by atoms with Gasteiger partial charge < -0.3 is 4.74 Å². The van der Waals surface area contributed by atoms with E-state index in [1.54, 1.807) is 7.11 Å². The van der Waals surface area contributed by atoms with Crippen molar-refractivity contribution < 1.29 is 4.74 Å². The second-order valence-electron chi connectivity index (χ2n) is 5.10. The molecule has 0 aliphatic heterocycles. The summed E-state index contributed by atoms with van der Waals surface area (Å²) in [5, 5.41) is 0.718. The average Bonchev–Trinajstić information content (AvgIpc) is 1.98. The number of hydrogen-bond donors (Lipinski definition) is 0. The molecule has 0 bridgehead atoms. The average molecular weight is 202 g/mol. The third-order valence-corrected chi connectivity index (χ3v) is 3.91. The zero-order valence-electron chi connectivity index (χ0n) is 9.89. The Morgan fingerprint density at radius 2 is 1.54 bits per heavy atom. The highest BCUT2D eigenvalue weighted by molar-refractivity contribution is 7.80. The number of ether oxygens (including phenoxy) is 1. The van der Waals surface area contributed by atoms with Crippen molar-refractivity contribution in [3.63, 3.8) is 0 Å². The lowest BCUT2D eigenvalue weighted by molar-refractivity contribution is 0.106. The van der Waals surface area contributed by atoms with Crippen LogP contribution in [0, 0.1) is 16.7 Å². The van der Waals surface area contributed by atoms with Crippen LogP contribution in [0.2, 0.25) is 0 Å². The lowest BCUT2D eigenvalue weighted by atomic mass is 9.62. The van der Waals surface area contributed by atoms with E-state index in [4.69, 9.17) is 17.0 Å². The standard InChI is InChI=1S/C11H22OS/c1-8(2)11(6,9(13)12-7)10(3,4)5/h8H,1-7H3. The fourth-order valence-electron chi connectivity index (χ4n) is 1.62. The predicted molar refractivity (Wildman–Crippen MR) is 62.0 cm³/mol. The molecule has 13 heavy (non-hydrogen) atoms. The Labute approximate surface area is 87.9 Å². The molecule has 0 aromatic rings. The van der Waals surface area contributed by atoms with Crippen LogP contribution in [0.1, 0.15) is 41.5 Å². The van der Waals surface area contributed by atoms with Crippen LogP contribution in [0.25, 0.3) is 0 Å². The molecule has 0 fully saturated rings. The first-order chi connectivity index (χ1) is 5.67. The molecule has 1 atom stereocenters. The second kappa shape index (κ2) is 3.95. The van der Waals surface area contributed by atoms with Crippen molar-refractivity contribution in [2.45, 2.75) is 41.5 Å². The van der Waals surface area contributed by atoms with E-state index in [0.29, 0.717) is 5.92 Å². The Hall–Kier alpha value is -0.110. The van der Waals surface area contributed by atoms with Gasteiger partial charge in [0.2, 0.25) is 0 Å². The summed E-state index contributed by atoms with van der Waals surface area (Å²) in [6.45, 7) is 13.2. The van der Waals surface area contributed by atoms with Gasteiger partial charge in [0.1, 0.15) is 0 Å². The molecule has 0 aliphatic carbocycles. The minimum Gasteiger partial charge on any atom is -0.490 e. The van der Waals surface area contributed by atoms with Gasteiger partial charge in [-0.1, -0.05) is 41.5 Å². The van der Waals surface area contributed by atoms with Crippen LogP contribution in [-0.2, 0) is 4.74 Å². The highest BCUT2D eigenvalue weighted by atomic mass is 32.1. The summed E-state index contributed by atoms with van der Waals surface area (Å²) in [6, 6.07) is 0. The molecule has 0 spiro atoms. The molecular weight excluding hydrogens is 180 g/mol. The van der Waals surface area contributed by atoms with Crippen LogP contribution in [0.15, 0.2) is 0 Å². The van der Waals surface area contributed by atoms with Gasteiger partial charge in [-0.3, -0.25) is 0 Å². The van der Waals surface area contributed by atoms with E-state index in [9.17, 15) is 0 Å². The van der Waals surface area contributed by atoms with Crippen molar-refractivity contribution in [1.29, 1.82) is 0 Å². The van der Waals surface area contributed by atoms with Crippen molar-refractivity contribution in [1.82, 2.24) is 0 Å². The maximum absolute atomic E-state index is 5.29. The topological polar surface area (TPSA) is 9.23 Å². The van der Waals surface area contributed by atoms with Gasteiger partial charge in [0.25, 0.3) is 0 Å². The molecule has 0 amide bonds. The smallest absolute Gasteiger partial charge is 0.165 e. The van der Waals surface area contributed by atoms with Gasteiger partial charge in [-0.05, 0) is 23.6 Å². The zero-order chi connectivity index (χ0) is 10.9. The Bertz CT molecular complexity index is 191. The highest BCUT2D eigenvalue weighted by Gasteiger charge is 2.44. The molecular formula is C11H22OS. The number of hydrogen-bond acceptors (Lipinski definition) is 2. The Kier molecular flexibility index (Phi) is 3.92. The van der Waals surface area contributed by atoms with Crippen molar-refractivity contribution in [2.75, 3.05) is 7.11 Å². The van der Waals surface area contributed by atoms with Crippen molar-refractivity contribution >= 4 is 17.3 Å². The normalized spacial score (nSPS) is 16.9. The summed E-state index contributed by atoms with van der Waals surface area (Å²) >= 11 is 5.29. The molecule has 0 saturated carbocycles. The molecule has 0 aromatic heterocycles. The summed E-state index contributed by atoms with van der Waals surface area (Å²) in [7, 11) is 1.66. The summed E-state index contributed by atoms with van der Waals surface area (Å²) in [5.74, 6) is 0.486. The third kappa shape index (κ3) is 2.22. The SMILES string of the molecule is COC(=S)C(C)(C(C)C)C(C)(C)C. The van der Waals surface area contributed by atoms with Crippen LogP contribution in [0.4, 0.5) is 0 Å². The van der Waals surface area contributed by atoms with Crippen LogP contribution < -0.4 is 0 Å². The van der Waals surface area contributed by atoms with Crippen LogP contribution in [0.3, 0.4) is 0 Å². The first kappa shape index (κ1) is 12.9. The molecule has 0 heterocycles. The summed E-state index contributed by atoms with van der Waals surface area (Å²) < 4.78 is 5.23. The monoisotopic (exact) mass is 202 g/mol. The Morgan fingerprint density at radius 1 is 1.15 bits per heavy atom. The molecule has 1 unspecified atom stereocenters. The Morgan fingerprint density at radius 3 is 1.62 bits per heavy atom. The van der Waals surface area contributed by atoms with Crippen molar-refractivity contribution in [2.24, 2.45) is 16.7 Å². The first-order valence-corrected chi connectivity index (χ1v) is 5.17. The zero-order valence-corrected chi connectivity index (χ0v) is 10.7. The van der Waals surface area contributed by atoms with E-state index >= 15 is 0 Å². The van der Waals surface area contributed by atoms with Crippen molar-refractivity contribution in [3.05, 3.63) is 0 Å². The van der Waals surface area contributed by atoms with Crippen LogP contribution in [-0.4, -0.2) is 12.2 Å². The molecule has 0 N–H and O–H groups in total. The minimum absolute atomic E-state index is 0.0446. The number of thiocarbonyl (C=S) groups is 1. The van der Waals surface area contributed by atoms with E-state index < -0.39 is 0 Å².